The Bertz CT molecular complexity index is 6500. The van der Waals surface area contributed by atoms with E-state index in [2.05, 4.69) is 388 Å². The maximum atomic E-state index is 12.2. The molecule has 32 nitrogen and oxygen atoms in total. The number of fused-ring (bicyclic) bond motifs is 11. The molecule has 2 bridgehead atoms. The first-order chi connectivity index (χ1) is 66.3. The van der Waals surface area contributed by atoms with Gasteiger partial charge in [-0.1, -0.05) is 60.5 Å². The van der Waals surface area contributed by atoms with Gasteiger partial charge in [-0.05, 0) is 344 Å². The van der Waals surface area contributed by atoms with Crippen LogP contribution in [-0.4, -0.2) is 194 Å². The van der Waals surface area contributed by atoms with Crippen molar-refractivity contribution in [3.8, 4) is 0 Å². The summed E-state index contributed by atoms with van der Waals surface area (Å²) in [4.78, 5) is 102. The Balaban J connectivity index is 0.000000176. The first-order valence-electron chi connectivity index (χ1n) is 50.8. The van der Waals surface area contributed by atoms with E-state index in [1.54, 1.807) is 67.3 Å². The molecule has 2 aromatic carbocycles. The van der Waals surface area contributed by atoms with Gasteiger partial charge in [-0.2, -0.15) is 0 Å². The van der Waals surface area contributed by atoms with Crippen LogP contribution in [0.4, 0.5) is 11.5 Å². The third-order valence-corrected chi connectivity index (χ3v) is 25.6. The second-order valence-electron chi connectivity index (χ2n) is 48.9. The first-order valence-corrected chi connectivity index (χ1v) is 50.8. The second-order valence-corrected chi connectivity index (χ2v) is 48.9. The van der Waals surface area contributed by atoms with E-state index >= 15 is 0 Å². The van der Waals surface area contributed by atoms with Gasteiger partial charge in [0.2, 0.25) is 0 Å². The van der Waals surface area contributed by atoms with Gasteiger partial charge in [0, 0.05) is 163 Å². The van der Waals surface area contributed by atoms with E-state index in [4.69, 9.17) is 0 Å². The molecule has 780 valence electrons. The van der Waals surface area contributed by atoms with Crippen LogP contribution in [-0.2, 0) is 52.9 Å². The predicted molar refractivity (Wildman–Crippen MR) is 589 cm³/mol. The number of rotatable bonds is 2. The summed E-state index contributed by atoms with van der Waals surface area (Å²) in [6, 6.07) is 27.2. The molecule has 15 aromatic rings. The SMILES string of the molecule is CC(C)(C)N1CC2CCC(CC2)C1.CC(C)(C)N1CCCN2CCCCCC21.CC(C)(C)Nc1ncnc2nc[nH]c12.CC(C)(C)n1cc2ccccc2c1.CC(C)(C)n1ccc2ccccc21.CC(C)(C)n1cccc1.CC(C)(C)n1ccnn1.CC(C)(C)n1cnc2c(=O)[nH]c(=O)[nH]c21.CC(C)(C)n1cnc2cncnc21.CN(c1ccncc1)C(C)(C)C.Cn1cnc2c(=O)n(C(C)(C)C)c(=O)n(C)c21. The summed E-state index contributed by atoms with van der Waals surface area (Å²) in [5.41, 5.74) is 6.50. The van der Waals surface area contributed by atoms with Crippen molar-refractivity contribution in [2.45, 2.75) is 353 Å². The van der Waals surface area contributed by atoms with E-state index in [0.717, 1.165) is 40.5 Å². The molecule has 143 heavy (non-hydrogen) atoms. The van der Waals surface area contributed by atoms with Crippen LogP contribution >= 0.6 is 0 Å². The number of benzene rings is 2. The fourth-order valence-electron chi connectivity index (χ4n) is 17.3. The van der Waals surface area contributed by atoms with Crippen molar-refractivity contribution in [3.63, 3.8) is 0 Å². The fraction of sp³-hybridized carbons (Fsp3) is 0.577. The molecule has 0 amide bonds. The van der Waals surface area contributed by atoms with Gasteiger partial charge in [-0.3, -0.25) is 48.4 Å². The summed E-state index contributed by atoms with van der Waals surface area (Å²) in [5, 5.41) is 14.8. The van der Waals surface area contributed by atoms with Gasteiger partial charge in [-0.15, -0.1) is 5.10 Å². The lowest BCUT2D eigenvalue weighted by molar-refractivity contribution is -0.0478. The van der Waals surface area contributed by atoms with Crippen LogP contribution in [0.1, 0.15) is 286 Å². The summed E-state index contributed by atoms with van der Waals surface area (Å²) in [6.07, 6.45) is 43.0. The number of hydrogen-bond donors (Lipinski definition) is 4. The van der Waals surface area contributed by atoms with Crippen LogP contribution in [0.5, 0.6) is 0 Å². The Kier molecular flexibility index (Phi) is 37.8. The van der Waals surface area contributed by atoms with Crippen LogP contribution in [0.25, 0.3) is 66.3 Å². The highest BCUT2D eigenvalue weighted by Crippen LogP contribution is 2.37. The van der Waals surface area contributed by atoms with Crippen molar-refractivity contribution in [3.05, 3.63) is 220 Å². The number of para-hydroxylation sites is 1. The van der Waals surface area contributed by atoms with E-state index in [9.17, 15) is 19.2 Å². The molecule has 1 saturated carbocycles. The number of H-pyrrole nitrogens is 3. The average molecular weight is 1960 g/mol. The minimum atomic E-state index is -0.558. The number of hydrogen-bond acceptors (Lipinski definition) is 20. The summed E-state index contributed by atoms with van der Waals surface area (Å²) in [7, 11) is 5.50. The van der Waals surface area contributed by atoms with Crippen LogP contribution in [0.3, 0.4) is 0 Å². The van der Waals surface area contributed by atoms with Gasteiger partial charge in [-0.25, -0.2) is 54.1 Å². The monoisotopic (exact) mass is 1960 g/mol. The molecule has 1 atom stereocenters. The highest BCUT2D eigenvalue weighted by atomic mass is 16.2. The molecule has 32 heteroatoms. The summed E-state index contributed by atoms with van der Waals surface area (Å²) < 4.78 is 16.8. The number of imidazole rings is 4. The predicted octanol–water partition coefficient (Wildman–Crippen LogP) is 21.5. The van der Waals surface area contributed by atoms with E-state index < -0.39 is 16.8 Å². The maximum Gasteiger partial charge on any atom is 0.332 e. The molecular formula is C111H172N28O4. The fourth-order valence-corrected chi connectivity index (χ4v) is 17.3. The van der Waals surface area contributed by atoms with Crippen molar-refractivity contribution in [1.82, 2.24) is 126 Å². The van der Waals surface area contributed by atoms with Gasteiger partial charge >= 0.3 is 11.4 Å². The molecule has 0 spiro atoms. The quantitative estimate of drug-likeness (QED) is 0.125. The normalized spacial score (nSPS) is 16.2. The smallest absolute Gasteiger partial charge is 0.332 e. The molecule has 4 saturated heterocycles. The lowest BCUT2D eigenvalue weighted by atomic mass is 9.84. The molecule has 4 aliphatic heterocycles. The molecule has 1 aliphatic carbocycles. The Morgan fingerprint density at radius 1 is 0.462 bits per heavy atom. The molecule has 20 rings (SSSR count). The highest BCUT2D eigenvalue weighted by Gasteiger charge is 2.37. The molecule has 1 unspecified atom stereocenters. The number of nitrogens with zero attached hydrogens (tertiary/aromatic N) is 24. The highest BCUT2D eigenvalue weighted by molar-refractivity contribution is 5.83. The van der Waals surface area contributed by atoms with Gasteiger partial charge < -0.3 is 42.6 Å². The lowest BCUT2D eigenvalue weighted by Crippen LogP contribution is -2.59. The Hall–Kier alpha value is -12.0. The van der Waals surface area contributed by atoms with Crippen molar-refractivity contribution in [2.24, 2.45) is 25.9 Å². The van der Waals surface area contributed by atoms with Crippen molar-refractivity contribution < 1.29 is 0 Å². The van der Waals surface area contributed by atoms with Gasteiger partial charge in [0.25, 0.3) is 11.1 Å². The van der Waals surface area contributed by atoms with E-state index in [1.807, 2.05) is 93.6 Å². The van der Waals surface area contributed by atoms with Crippen molar-refractivity contribution >= 4 is 77.8 Å². The average Bonchev–Trinajstić information content (AvgIpc) is 1.56. The number of aromatic amines is 3. The van der Waals surface area contributed by atoms with Crippen LogP contribution in [0, 0.1) is 11.8 Å². The standard InChI is InChI=1S/C13H26N2.C12H23N.2C12H15N.C11H16N4O2.C10H16N2.C9H13N5.C9H12N4O2.C9H12N4.C8H13N.C6H11N3/c1-13(2,3)15-11-7-10-14-9-6-4-5-8-12(14)15;1-12(2,3)13-8-10-4-5-11(9-13)7-6-10;1-12(2,3)13-8-10-6-4-5-7-11(10)9-13;1-12(2,3)13-9-8-10-6-4-5-7-11(10)13;1-11(2,3)15-9(16)7-8(13(4)6-12-7)14(5)10(15)17;1-10(2,3)12(4)9-5-7-11-8-6-9;1-9(2,3)14-8-6-7(11-4-10-6)12-5-13-8;1-9(2,3)13-4-10-5-6(13)11-8(15)12-7(5)14;1-9(2,3)13-6-12-7-4-10-5-11-8(7)13;1-8(2,3)9-6-4-5-7-9;1-6(2,3)9-5-4-7-8-9/h12H,4-11H2,1-3H3;10-11H,4-9H2,1-3H3;2*4-9H,1-3H3;6H,1-5H3;5-8H,1-4H3;4-5H,1-3H3,(H2,10,11,12,13,14);4H,1-3H3,(H2,11,12,14,15);4-6H,1-3H3;4-7H,1-3H3;4-5H,1-3H3. The van der Waals surface area contributed by atoms with Crippen molar-refractivity contribution in [2.75, 3.05) is 50.0 Å². The first kappa shape index (κ1) is 115. The minimum Gasteiger partial charge on any atom is -0.370 e. The number of aromatic nitrogens is 23. The Labute approximate surface area is 848 Å². The molecule has 4 N–H and O–H groups in total. The lowest BCUT2D eigenvalue weighted by Gasteiger charge is -2.49. The number of pyridine rings is 1. The third kappa shape index (κ3) is 32.5. The molecule has 17 heterocycles. The molecule has 5 fully saturated rings. The number of anilines is 2. The van der Waals surface area contributed by atoms with E-state index in [1.165, 1.54) is 133 Å². The zero-order valence-electron chi connectivity index (χ0n) is 93.2. The molecule has 0 radical (unpaired) electrons. The van der Waals surface area contributed by atoms with E-state index in [0.29, 0.717) is 33.5 Å². The van der Waals surface area contributed by atoms with Gasteiger partial charge in [0.15, 0.2) is 28.1 Å². The zero-order valence-corrected chi connectivity index (χ0v) is 93.2. The minimum absolute atomic E-state index is 0.0170. The molecule has 5 aliphatic rings. The van der Waals surface area contributed by atoms with Crippen LogP contribution < -0.4 is 32.7 Å². The van der Waals surface area contributed by atoms with Gasteiger partial charge in [0.1, 0.15) is 35.0 Å². The molecular weight excluding hydrogens is 1790 g/mol. The Morgan fingerprint density at radius 3 is 1.55 bits per heavy atom. The summed E-state index contributed by atoms with van der Waals surface area (Å²) in [6.45, 7) is 77.5. The largest absolute Gasteiger partial charge is 0.370 e. The second kappa shape index (κ2) is 47.2. The third-order valence-electron chi connectivity index (χ3n) is 25.6. The number of nitrogens with one attached hydrogen (secondary N) is 4. The maximum absolute atomic E-state index is 12.2. The van der Waals surface area contributed by atoms with Crippen LogP contribution in [0.15, 0.2) is 198 Å². The van der Waals surface area contributed by atoms with Gasteiger partial charge in [0.05, 0.1) is 49.4 Å². The summed E-state index contributed by atoms with van der Waals surface area (Å²) in [5.74, 6) is 2.82. The van der Waals surface area contributed by atoms with Crippen LogP contribution in [0.2, 0.25) is 0 Å². The zero-order chi connectivity index (χ0) is 106. The van der Waals surface area contributed by atoms with Crippen molar-refractivity contribution in [1.29, 1.82) is 0 Å². The summed E-state index contributed by atoms with van der Waals surface area (Å²) >= 11 is 0. The number of aryl methyl sites for hydroxylation is 2. The van der Waals surface area contributed by atoms with E-state index in [-0.39, 0.29) is 61.1 Å². The Morgan fingerprint density at radius 2 is 1.03 bits per heavy atom. The topological polar surface area (TPSA) is 327 Å². The molecule has 13 aromatic heterocycles.